The molecule has 0 atom stereocenters. The summed E-state index contributed by atoms with van der Waals surface area (Å²) in [4.78, 5) is 11.7. The number of rotatable bonds is 4. The molecule has 0 unspecified atom stereocenters. The molecule has 0 radical (unpaired) electrons. The van der Waals surface area contributed by atoms with Gasteiger partial charge in [-0.15, -0.1) is 0 Å². The Labute approximate surface area is 130 Å². The minimum Gasteiger partial charge on any atom is -0.486 e. The van der Waals surface area contributed by atoms with Crippen molar-refractivity contribution < 1.29 is 27.4 Å². The van der Waals surface area contributed by atoms with Crippen LogP contribution in [0.25, 0.3) is 0 Å². The molecule has 2 N–H and O–H groups in total. The number of hydrogen-bond donors (Lipinski definition) is 1. The van der Waals surface area contributed by atoms with E-state index in [-0.39, 0.29) is 23.6 Å². The summed E-state index contributed by atoms with van der Waals surface area (Å²) in [6.45, 7) is -0.0314. The number of benzene rings is 2. The first-order valence-electron chi connectivity index (χ1n) is 6.58. The summed E-state index contributed by atoms with van der Waals surface area (Å²) in [7, 11) is 1.23. The van der Waals surface area contributed by atoms with Crippen LogP contribution in [0.4, 0.5) is 18.9 Å². The number of alkyl halides is 3. The summed E-state index contributed by atoms with van der Waals surface area (Å²) < 4.78 is 47.6. The predicted molar refractivity (Wildman–Crippen MR) is 78.0 cm³/mol. The predicted octanol–water partition coefficient (Wildman–Crippen LogP) is 3.65. The van der Waals surface area contributed by atoms with Crippen LogP contribution < -0.4 is 10.5 Å². The van der Waals surface area contributed by atoms with Gasteiger partial charge in [-0.05, 0) is 29.8 Å². The van der Waals surface area contributed by atoms with E-state index in [0.29, 0.717) is 5.56 Å². The lowest BCUT2D eigenvalue weighted by atomic mass is 10.1. The van der Waals surface area contributed by atoms with Crippen LogP contribution >= 0.6 is 0 Å². The summed E-state index contributed by atoms with van der Waals surface area (Å²) in [5.74, 6) is -0.473. The van der Waals surface area contributed by atoms with E-state index in [4.69, 9.17) is 10.5 Å². The Hall–Kier alpha value is -2.70. The standard InChI is InChI=1S/C16H14F3NO3/c1-22-15(21)12-3-2-4-13(20)14(12)23-9-10-5-7-11(8-6-10)16(17,18)19/h2-8H,9,20H2,1H3. The van der Waals surface area contributed by atoms with E-state index in [1.54, 1.807) is 12.1 Å². The lowest BCUT2D eigenvalue weighted by molar-refractivity contribution is -0.137. The summed E-state index contributed by atoms with van der Waals surface area (Å²) in [6.07, 6.45) is -4.39. The molecule has 23 heavy (non-hydrogen) atoms. The zero-order valence-corrected chi connectivity index (χ0v) is 12.2. The van der Waals surface area contributed by atoms with E-state index in [1.807, 2.05) is 0 Å². The molecule has 0 aliphatic heterocycles. The molecule has 0 saturated carbocycles. The first-order valence-corrected chi connectivity index (χ1v) is 6.58. The van der Waals surface area contributed by atoms with Crippen molar-refractivity contribution in [1.29, 1.82) is 0 Å². The van der Waals surface area contributed by atoms with Crippen LogP contribution in [0.5, 0.6) is 5.75 Å². The zero-order chi connectivity index (χ0) is 17.0. The van der Waals surface area contributed by atoms with Crippen LogP contribution in [-0.4, -0.2) is 13.1 Å². The van der Waals surface area contributed by atoms with Crippen molar-refractivity contribution in [3.8, 4) is 5.75 Å². The lowest BCUT2D eigenvalue weighted by Gasteiger charge is -2.13. The molecule has 2 rings (SSSR count). The van der Waals surface area contributed by atoms with Crippen LogP contribution in [0.1, 0.15) is 21.5 Å². The molecular weight excluding hydrogens is 311 g/mol. The molecule has 0 heterocycles. The van der Waals surface area contributed by atoms with Crippen LogP contribution in [0.3, 0.4) is 0 Å². The topological polar surface area (TPSA) is 61.5 Å². The lowest BCUT2D eigenvalue weighted by Crippen LogP contribution is -2.08. The Morgan fingerprint density at radius 2 is 1.78 bits per heavy atom. The molecular formula is C16H14F3NO3. The van der Waals surface area contributed by atoms with Gasteiger partial charge in [-0.2, -0.15) is 13.2 Å². The number of methoxy groups -OCH3 is 1. The molecule has 0 bridgehead atoms. The van der Waals surface area contributed by atoms with E-state index in [1.165, 1.54) is 25.3 Å². The maximum absolute atomic E-state index is 12.5. The van der Waals surface area contributed by atoms with Crippen LogP contribution in [0, 0.1) is 0 Å². The maximum Gasteiger partial charge on any atom is 0.416 e. The zero-order valence-electron chi connectivity index (χ0n) is 12.2. The van der Waals surface area contributed by atoms with Gasteiger partial charge in [0.05, 0.1) is 18.4 Å². The van der Waals surface area contributed by atoms with Crippen molar-refractivity contribution in [2.45, 2.75) is 12.8 Å². The Kier molecular flexibility index (Phi) is 4.78. The van der Waals surface area contributed by atoms with Crippen molar-refractivity contribution >= 4 is 11.7 Å². The number of carbonyl (C=O) groups is 1. The highest BCUT2D eigenvalue weighted by Crippen LogP contribution is 2.30. The minimum atomic E-state index is -4.39. The minimum absolute atomic E-state index is 0.0314. The SMILES string of the molecule is COC(=O)c1cccc(N)c1OCc1ccc(C(F)(F)F)cc1. The monoisotopic (exact) mass is 325 g/mol. The molecule has 4 nitrogen and oxygen atoms in total. The van der Waals surface area contributed by atoms with Crippen LogP contribution in [0.2, 0.25) is 0 Å². The number of esters is 1. The Morgan fingerprint density at radius 3 is 2.35 bits per heavy atom. The van der Waals surface area contributed by atoms with E-state index in [9.17, 15) is 18.0 Å². The van der Waals surface area contributed by atoms with Gasteiger partial charge in [0.1, 0.15) is 12.2 Å². The fourth-order valence-electron chi connectivity index (χ4n) is 1.93. The van der Waals surface area contributed by atoms with Gasteiger partial charge < -0.3 is 15.2 Å². The van der Waals surface area contributed by atoms with Gasteiger partial charge in [-0.25, -0.2) is 4.79 Å². The second kappa shape index (κ2) is 6.60. The molecule has 0 aliphatic rings. The van der Waals surface area contributed by atoms with E-state index in [2.05, 4.69) is 4.74 Å². The number of hydrogen-bond acceptors (Lipinski definition) is 4. The number of carbonyl (C=O) groups excluding carboxylic acids is 1. The van der Waals surface area contributed by atoms with Gasteiger partial charge in [0, 0.05) is 0 Å². The highest BCUT2D eigenvalue weighted by atomic mass is 19.4. The third kappa shape index (κ3) is 3.94. The number of anilines is 1. The Balaban J connectivity index is 2.17. The van der Waals surface area contributed by atoms with Gasteiger partial charge in [0.25, 0.3) is 0 Å². The third-order valence-corrected chi connectivity index (χ3v) is 3.12. The fourth-order valence-corrected chi connectivity index (χ4v) is 1.93. The molecule has 0 aromatic heterocycles. The summed E-state index contributed by atoms with van der Waals surface area (Å²) in [5.41, 5.74) is 5.94. The Bertz CT molecular complexity index is 697. The van der Waals surface area contributed by atoms with Gasteiger partial charge >= 0.3 is 12.1 Å². The number of nitrogen functional groups attached to an aromatic ring is 1. The van der Waals surface area contributed by atoms with Crippen molar-refractivity contribution in [3.63, 3.8) is 0 Å². The number of nitrogens with two attached hydrogens (primary N) is 1. The van der Waals surface area contributed by atoms with Crippen molar-refractivity contribution in [3.05, 3.63) is 59.2 Å². The summed E-state index contributed by atoms with van der Waals surface area (Å²) >= 11 is 0. The van der Waals surface area contributed by atoms with Crippen molar-refractivity contribution in [2.75, 3.05) is 12.8 Å². The quantitative estimate of drug-likeness (QED) is 0.688. The first-order chi connectivity index (χ1) is 10.8. The molecule has 0 amide bonds. The molecule has 0 fully saturated rings. The highest BCUT2D eigenvalue weighted by Gasteiger charge is 2.29. The highest BCUT2D eigenvalue weighted by molar-refractivity contribution is 5.94. The first kappa shape index (κ1) is 16.7. The summed E-state index contributed by atoms with van der Waals surface area (Å²) in [5, 5.41) is 0. The molecule has 7 heteroatoms. The van der Waals surface area contributed by atoms with E-state index in [0.717, 1.165) is 12.1 Å². The molecule has 0 saturated heterocycles. The van der Waals surface area contributed by atoms with Crippen molar-refractivity contribution in [1.82, 2.24) is 0 Å². The average molecular weight is 325 g/mol. The fraction of sp³-hybridized carbons (Fsp3) is 0.188. The van der Waals surface area contributed by atoms with Gasteiger partial charge in [0.2, 0.25) is 0 Å². The number of para-hydroxylation sites is 1. The van der Waals surface area contributed by atoms with E-state index < -0.39 is 17.7 Å². The Morgan fingerprint density at radius 1 is 1.13 bits per heavy atom. The normalized spacial score (nSPS) is 11.1. The number of halogens is 3. The molecule has 0 aliphatic carbocycles. The molecule has 122 valence electrons. The molecule has 2 aromatic rings. The molecule has 0 spiro atoms. The maximum atomic E-state index is 12.5. The third-order valence-electron chi connectivity index (χ3n) is 3.12. The van der Waals surface area contributed by atoms with Gasteiger partial charge in [-0.3, -0.25) is 0 Å². The largest absolute Gasteiger partial charge is 0.486 e. The van der Waals surface area contributed by atoms with Crippen LogP contribution in [0.15, 0.2) is 42.5 Å². The molecule has 2 aromatic carbocycles. The van der Waals surface area contributed by atoms with Gasteiger partial charge in [-0.1, -0.05) is 18.2 Å². The van der Waals surface area contributed by atoms with E-state index >= 15 is 0 Å². The summed E-state index contributed by atoms with van der Waals surface area (Å²) in [6, 6.07) is 9.16. The number of ether oxygens (including phenoxy) is 2. The smallest absolute Gasteiger partial charge is 0.416 e. The second-order valence-corrected chi connectivity index (χ2v) is 4.70. The van der Waals surface area contributed by atoms with Crippen molar-refractivity contribution in [2.24, 2.45) is 0 Å². The van der Waals surface area contributed by atoms with Crippen LogP contribution in [-0.2, 0) is 17.5 Å². The average Bonchev–Trinajstić information content (AvgIpc) is 2.52. The van der Waals surface area contributed by atoms with Gasteiger partial charge in [0.15, 0.2) is 5.75 Å². The second-order valence-electron chi connectivity index (χ2n) is 4.70.